The molecule has 19 heavy (non-hydrogen) atoms. The Bertz CT molecular complexity index is 706. The second kappa shape index (κ2) is 5.74. The van der Waals surface area contributed by atoms with Gasteiger partial charge in [-0.1, -0.05) is 24.3 Å². The molecule has 3 nitrogen and oxygen atoms in total. The molecule has 0 fully saturated rings. The molecule has 0 bridgehead atoms. The first-order valence-corrected chi connectivity index (χ1v) is 8.51. The van der Waals surface area contributed by atoms with Crippen LogP contribution in [0.25, 0.3) is 21.8 Å². The van der Waals surface area contributed by atoms with E-state index in [9.17, 15) is 0 Å². The van der Waals surface area contributed by atoms with E-state index in [4.69, 9.17) is 8.42 Å². The molecule has 0 saturated carbocycles. The van der Waals surface area contributed by atoms with E-state index in [-0.39, 0.29) is 0 Å². The minimum Gasteiger partial charge on any atom is -0.204 e. The number of aromatic amines is 1. The Morgan fingerprint density at radius 2 is 1.16 bits per heavy atom. The van der Waals surface area contributed by atoms with Crippen molar-refractivity contribution in [3.63, 3.8) is 0 Å². The molecule has 1 N–H and O–H groups in total. The lowest BCUT2D eigenvalue weighted by Crippen LogP contribution is -2.04. The molecule has 0 atom stereocenters. The highest BCUT2D eigenvalue weighted by Gasteiger charge is 2.03. The van der Waals surface area contributed by atoms with Gasteiger partial charge in [0.15, 0.2) is 0 Å². The number of hydrogen-bond donors (Lipinski definition) is 0. The molecule has 0 aliphatic rings. The van der Waals surface area contributed by atoms with Crippen LogP contribution < -0.4 is 4.98 Å². The maximum atomic E-state index is 9.16. The van der Waals surface area contributed by atoms with Crippen LogP contribution in [0.1, 0.15) is 0 Å². The Kier molecular flexibility index (Phi) is 4.24. The fourth-order valence-corrected chi connectivity index (χ4v) is 1.79. The molecular weight excluding hydrogens is 305 g/mol. The number of H-pyrrole nitrogens is 1. The molecule has 2 aromatic carbocycles. The number of para-hydroxylation sites is 2. The SMILES string of the molecule is O=S(=O)(Cl)Cl.c1ccc2[nH+]c3ccccc3cc2c1. The molecule has 3 rings (SSSR count). The summed E-state index contributed by atoms with van der Waals surface area (Å²) < 4.78 is 18.3. The summed E-state index contributed by atoms with van der Waals surface area (Å²) in [5.74, 6) is 0. The summed E-state index contributed by atoms with van der Waals surface area (Å²) in [7, 11) is 4.81. The van der Waals surface area contributed by atoms with Crippen LogP contribution >= 0.6 is 21.4 Å². The first-order valence-electron chi connectivity index (χ1n) is 5.37. The van der Waals surface area contributed by atoms with Crippen molar-refractivity contribution in [1.29, 1.82) is 0 Å². The standard InChI is InChI=1S/C13H9N.Cl2O2S/c1-3-7-12-10(5-1)9-11-6-2-4-8-13(11)14-12;1-5(2,3)4/h1-9H;/p+1. The minimum absolute atomic E-state index is 1.19. The van der Waals surface area contributed by atoms with Gasteiger partial charge in [0.2, 0.25) is 11.0 Å². The van der Waals surface area contributed by atoms with Crippen molar-refractivity contribution in [2.75, 3.05) is 0 Å². The van der Waals surface area contributed by atoms with E-state index in [2.05, 4.69) is 68.8 Å². The summed E-state index contributed by atoms with van der Waals surface area (Å²) in [5, 5.41) is 2.51. The van der Waals surface area contributed by atoms with Gasteiger partial charge in [0, 0.05) is 44.3 Å². The second-order valence-electron chi connectivity index (χ2n) is 3.82. The highest BCUT2D eigenvalue weighted by molar-refractivity contribution is 8.31. The van der Waals surface area contributed by atoms with Gasteiger partial charge >= 0.3 is 8.26 Å². The van der Waals surface area contributed by atoms with Gasteiger partial charge in [-0.2, -0.15) is 8.42 Å². The Morgan fingerprint density at radius 1 is 0.789 bits per heavy atom. The highest BCUT2D eigenvalue weighted by Crippen LogP contribution is 2.15. The van der Waals surface area contributed by atoms with Crippen molar-refractivity contribution in [3.8, 4) is 0 Å². The van der Waals surface area contributed by atoms with Crippen LogP contribution in [0, 0.1) is 0 Å². The van der Waals surface area contributed by atoms with E-state index < -0.39 is 8.26 Å². The van der Waals surface area contributed by atoms with Crippen molar-refractivity contribution >= 4 is 51.4 Å². The lowest BCUT2D eigenvalue weighted by Gasteiger charge is -1.94. The predicted octanol–water partition coefficient (Wildman–Crippen LogP) is 3.52. The van der Waals surface area contributed by atoms with Gasteiger partial charge in [-0.15, -0.1) is 0 Å². The number of aromatic nitrogens is 1. The Hall–Kier alpha value is -1.36. The maximum Gasteiger partial charge on any atom is 0.317 e. The van der Waals surface area contributed by atoms with Crippen LogP contribution in [-0.4, -0.2) is 8.42 Å². The lowest BCUT2D eigenvalue weighted by molar-refractivity contribution is -0.310. The lowest BCUT2D eigenvalue weighted by atomic mass is 10.1. The molecule has 0 saturated heterocycles. The number of rotatable bonds is 0. The Labute approximate surface area is 119 Å². The van der Waals surface area contributed by atoms with E-state index in [0.29, 0.717) is 0 Å². The number of halogens is 2. The van der Waals surface area contributed by atoms with E-state index in [1.165, 1.54) is 21.8 Å². The Balaban J connectivity index is 0.000000232. The van der Waals surface area contributed by atoms with Gasteiger partial charge in [-0.25, -0.2) is 4.98 Å². The molecule has 3 aromatic rings. The van der Waals surface area contributed by atoms with Gasteiger partial charge in [0.05, 0.1) is 0 Å². The fraction of sp³-hybridized carbons (Fsp3) is 0. The Morgan fingerprint density at radius 3 is 1.58 bits per heavy atom. The van der Waals surface area contributed by atoms with Gasteiger partial charge in [-0.05, 0) is 18.2 Å². The van der Waals surface area contributed by atoms with Gasteiger partial charge in [-0.3, -0.25) is 0 Å². The second-order valence-corrected chi connectivity index (χ2v) is 7.49. The number of nitrogens with one attached hydrogen (secondary N) is 1. The topological polar surface area (TPSA) is 48.3 Å². The minimum atomic E-state index is -3.72. The van der Waals surface area contributed by atoms with Gasteiger partial charge < -0.3 is 0 Å². The monoisotopic (exact) mass is 314 g/mol. The summed E-state index contributed by atoms with van der Waals surface area (Å²) in [5.41, 5.74) is 2.37. The maximum absolute atomic E-state index is 9.16. The van der Waals surface area contributed by atoms with Crippen molar-refractivity contribution < 1.29 is 13.4 Å². The molecule has 0 unspecified atom stereocenters. The number of pyridine rings is 1. The molecule has 0 spiro atoms. The van der Waals surface area contributed by atoms with Gasteiger partial charge in [0.25, 0.3) is 0 Å². The molecule has 0 aliphatic carbocycles. The van der Waals surface area contributed by atoms with Crippen LogP contribution in [0.15, 0.2) is 54.6 Å². The average molecular weight is 315 g/mol. The molecule has 0 radical (unpaired) electrons. The summed E-state index contributed by atoms with van der Waals surface area (Å²) >= 11 is 0. The van der Waals surface area contributed by atoms with Crippen LogP contribution in [0.5, 0.6) is 0 Å². The third kappa shape index (κ3) is 4.35. The third-order valence-electron chi connectivity index (χ3n) is 2.50. The first kappa shape index (κ1) is 14.1. The van der Waals surface area contributed by atoms with Crippen molar-refractivity contribution in [3.05, 3.63) is 54.6 Å². The molecule has 0 aliphatic heterocycles. The first-order chi connectivity index (χ1) is 8.93. The van der Waals surface area contributed by atoms with Crippen LogP contribution in [-0.2, 0) is 8.26 Å². The van der Waals surface area contributed by atoms with E-state index in [0.717, 1.165) is 0 Å². The molecule has 0 amide bonds. The molecular formula is C13H10Cl2NO2S+. The normalized spacial score (nSPS) is 11.1. The van der Waals surface area contributed by atoms with Crippen LogP contribution in [0.4, 0.5) is 0 Å². The summed E-state index contributed by atoms with van der Waals surface area (Å²) in [6.07, 6.45) is 0. The number of benzene rings is 2. The summed E-state index contributed by atoms with van der Waals surface area (Å²) in [6, 6.07) is 18.9. The number of hydrogen-bond acceptors (Lipinski definition) is 2. The average Bonchev–Trinajstić information content (AvgIpc) is 2.34. The zero-order valence-corrected chi connectivity index (χ0v) is 12.0. The van der Waals surface area contributed by atoms with E-state index in [1.807, 2.05) is 12.1 Å². The van der Waals surface area contributed by atoms with Crippen molar-refractivity contribution in [2.45, 2.75) is 0 Å². The third-order valence-corrected chi connectivity index (χ3v) is 2.50. The van der Waals surface area contributed by atoms with E-state index >= 15 is 0 Å². The predicted molar refractivity (Wildman–Crippen MR) is 78.6 cm³/mol. The largest absolute Gasteiger partial charge is 0.317 e. The molecule has 1 heterocycles. The highest BCUT2D eigenvalue weighted by atomic mass is 36.0. The zero-order valence-electron chi connectivity index (χ0n) is 9.68. The molecule has 98 valence electrons. The van der Waals surface area contributed by atoms with Crippen molar-refractivity contribution in [2.24, 2.45) is 0 Å². The van der Waals surface area contributed by atoms with Crippen LogP contribution in [0.3, 0.4) is 0 Å². The molecule has 1 aromatic heterocycles. The smallest absolute Gasteiger partial charge is 0.204 e. The van der Waals surface area contributed by atoms with Gasteiger partial charge in [0.1, 0.15) is 0 Å². The van der Waals surface area contributed by atoms with Crippen molar-refractivity contribution in [1.82, 2.24) is 0 Å². The van der Waals surface area contributed by atoms with Crippen LogP contribution in [0.2, 0.25) is 0 Å². The fourth-order valence-electron chi connectivity index (χ4n) is 1.79. The number of fused-ring (bicyclic) bond motifs is 2. The summed E-state index contributed by atoms with van der Waals surface area (Å²) in [4.78, 5) is 3.41. The quantitative estimate of drug-likeness (QED) is 0.471. The van der Waals surface area contributed by atoms with E-state index in [1.54, 1.807) is 0 Å². The molecule has 6 heteroatoms. The zero-order chi connectivity index (χ0) is 13.9. The summed E-state index contributed by atoms with van der Waals surface area (Å²) in [6.45, 7) is 0.